The molecule has 2 rings (SSSR count). The van der Waals surface area contributed by atoms with Crippen molar-refractivity contribution in [1.82, 2.24) is 4.98 Å². The first-order valence-corrected chi connectivity index (χ1v) is 8.27. The van der Waals surface area contributed by atoms with Crippen LogP contribution in [0.3, 0.4) is 0 Å². The summed E-state index contributed by atoms with van der Waals surface area (Å²) in [5, 5.41) is 2.01. The third kappa shape index (κ3) is 4.03. The summed E-state index contributed by atoms with van der Waals surface area (Å²) in [6, 6.07) is 7.50. The Bertz CT molecular complexity index is 577. The molecule has 17 heavy (non-hydrogen) atoms. The van der Waals surface area contributed by atoms with Crippen LogP contribution in [0, 0.1) is 0 Å². The Balaban J connectivity index is 2.08. The number of thiophene rings is 1. The van der Waals surface area contributed by atoms with E-state index in [1.807, 2.05) is 23.6 Å². The van der Waals surface area contributed by atoms with Crippen molar-refractivity contribution < 1.29 is 8.42 Å². The minimum Gasteiger partial charge on any atom is -0.268 e. The van der Waals surface area contributed by atoms with Crippen molar-refractivity contribution >= 4 is 38.9 Å². The molecule has 90 valence electrons. The Labute approximate surface area is 108 Å². The third-order valence-corrected chi connectivity index (χ3v) is 4.33. The summed E-state index contributed by atoms with van der Waals surface area (Å²) in [6.45, 7) is 0. The molecule has 0 saturated carbocycles. The standard InChI is InChI=1S/C10H10N2O2S3/c1-17(13,14)12-9-5-4-8(7-11-9)16-10-3-2-6-15-10/h2-7H,1H3,(H,11,12). The number of nitrogens with zero attached hydrogens (tertiary/aromatic N) is 1. The number of rotatable bonds is 4. The van der Waals surface area contributed by atoms with Crippen molar-refractivity contribution in [2.24, 2.45) is 0 Å². The van der Waals surface area contributed by atoms with Gasteiger partial charge in [-0.15, -0.1) is 11.3 Å². The lowest BCUT2D eigenvalue weighted by molar-refractivity contribution is 0.606. The van der Waals surface area contributed by atoms with Crippen LogP contribution >= 0.6 is 23.1 Å². The van der Waals surface area contributed by atoms with Crippen LogP contribution in [0.15, 0.2) is 44.9 Å². The molecule has 0 amide bonds. The minimum absolute atomic E-state index is 0.336. The SMILES string of the molecule is CS(=O)(=O)Nc1ccc(Sc2cccs2)cn1. The minimum atomic E-state index is -3.26. The van der Waals surface area contributed by atoms with Crippen LogP contribution in [0.2, 0.25) is 0 Å². The first-order valence-electron chi connectivity index (χ1n) is 4.68. The van der Waals surface area contributed by atoms with Gasteiger partial charge in [-0.1, -0.05) is 17.8 Å². The van der Waals surface area contributed by atoms with Crippen LogP contribution in [0.4, 0.5) is 5.82 Å². The second-order valence-corrected chi connectivity index (χ2v) is 7.36. The predicted octanol–water partition coefficient (Wildman–Crippen LogP) is 2.67. The smallest absolute Gasteiger partial charge is 0.230 e. The van der Waals surface area contributed by atoms with Crippen molar-refractivity contribution in [3.05, 3.63) is 35.8 Å². The molecule has 2 aromatic rings. The number of hydrogen-bond acceptors (Lipinski definition) is 5. The lowest BCUT2D eigenvalue weighted by atomic mass is 10.5. The van der Waals surface area contributed by atoms with Crippen molar-refractivity contribution in [2.75, 3.05) is 11.0 Å². The molecule has 0 aromatic carbocycles. The van der Waals surface area contributed by atoms with E-state index in [-0.39, 0.29) is 0 Å². The normalized spacial score (nSPS) is 11.4. The largest absolute Gasteiger partial charge is 0.268 e. The van der Waals surface area contributed by atoms with Gasteiger partial charge in [-0.3, -0.25) is 4.72 Å². The summed E-state index contributed by atoms with van der Waals surface area (Å²) < 4.78 is 25.5. The lowest BCUT2D eigenvalue weighted by Crippen LogP contribution is -2.10. The van der Waals surface area contributed by atoms with Gasteiger partial charge in [0, 0.05) is 11.1 Å². The Hall–Kier alpha value is -1.05. The highest BCUT2D eigenvalue weighted by molar-refractivity contribution is 8.01. The molecule has 2 aromatic heterocycles. The van der Waals surface area contributed by atoms with E-state index in [2.05, 4.69) is 9.71 Å². The average Bonchev–Trinajstić information content (AvgIpc) is 2.71. The molecule has 0 radical (unpaired) electrons. The summed E-state index contributed by atoms with van der Waals surface area (Å²) >= 11 is 3.26. The molecule has 1 N–H and O–H groups in total. The highest BCUT2D eigenvalue weighted by Crippen LogP contribution is 2.30. The third-order valence-electron chi connectivity index (χ3n) is 1.74. The first-order chi connectivity index (χ1) is 8.03. The zero-order valence-corrected chi connectivity index (χ0v) is 11.4. The fourth-order valence-electron chi connectivity index (χ4n) is 1.13. The molecule has 0 fully saturated rings. The highest BCUT2D eigenvalue weighted by atomic mass is 32.2. The zero-order valence-electron chi connectivity index (χ0n) is 8.95. The van der Waals surface area contributed by atoms with Crippen molar-refractivity contribution in [2.45, 2.75) is 9.10 Å². The lowest BCUT2D eigenvalue weighted by Gasteiger charge is -2.03. The topological polar surface area (TPSA) is 59.1 Å². The zero-order chi connectivity index (χ0) is 12.3. The van der Waals surface area contributed by atoms with Gasteiger partial charge in [0.05, 0.1) is 10.5 Å². The van der Waals surface area contributed by atoms with E-state index in [1.165, 1.54) is 4.21 Å². The first kappa shape index (κ1) is 12.4. The second-order valence-electron chi connectivity index (χ2n) is 3.29. The second kappa shape index (κ2) is 5.07. The molecule has 0 atom stereocenters. The fraction of sp³-hybridized carbons (Fsp3) is 0.100. The molecular weight excluding hydrogens is 276 g/mol. The van der Waals surface area contributed by atoms with E-state index in [0.717, 1.165) is 11.2 Å². The average molecular weight is 286 g/mol. The molecule has 0 bridgehead atoms. The van der Waals surface area contributed by atoms with E-state index in [4.69, 9.17) is 0 Å². The Kier molecular flexibility index (Phi) is 3.70. The number of nitrogens with one attached hydrogen (secondary N) is 1. The summed E-state index contributed by atoms with van der Waals surface area (Å²) in [6.07, 6.45) is 2.75. The molecule has 0 aliphatic heterocycles. The van der Waals surface area contributed by atoms with E-state index in [1.54, 1.807) is 35.4 Å². The van der Waals surface area contributed by atoms with Crippen LogP contribution in [-0.2, 0) is 10.0 Å². The monoisotopic (exact) mass is 286 g/mol. The van der Waals surface area contributed by atoms with Crippen LogP contribution in [0.25, 0.3) is 0 Å². The van der Waals surface area contributed by atoms with E-state index in [9.17, 15) is 8.42 Å². The van der Waals surface area contributed by atoms with Crippen LogP contribution < -0.4 is 4.72 Å². The summed E-state index contributed by atoms with van der Waals surface area (Å²) in [4.78, 5) is 5.02. The van der Waals surface area contributed by atoms with Crippen LogP contribution in [0.5, 0.6) is 0 Å². The van der Waals surface area contributed by atoms with E-state index >= 15 is 0 Å². The van der Waals surface area contributed by atoms with Gasteiger partial charge >= 0.3 is 0 Å². The van der Waals surface area contributed by atoms with Gasteiger partial charge in [-0.2, -0.15) is 0 Å². The molecule has 2 heterocycles. The summed E-state index contributed by atoms with van der Waals surface area (Å²) in [5.41, 5.74) is 0. The Morgan fingerprint density at radius 3 is 2.71 bits per heavy atom. The van der Waals surface area contributed by atoms with Gasteiger partial charge in [-0.05, 0) is 23.6 Å². The van der Waals surface area contributed by atoms with Gasteiger partial charge in [0.25, 0.3) is 0 Å². The maximum atomic E-state index is 11.0. The Morgan fingerprint density at radius 2 is 2.18 bits per heavy atom. The van der Waals surface area contributed by atoms with Crippen LogP contribution in [0.1, 0.15) is 0 Å². The molecule has 0 spiro atoms. The number of pyridine rings is 1. The molecule has 0 saturated heterocycles. The molecule has 0 aliphatic carbocycles. The maximum absolute atomic E-state index is 11.0. The fourth-order valence-corrected chi connectivity index (χ4v) is 3.35. The highest BCUT2D eigenvalue weighted by Gasteiger charge is 2.03. The van der Waals surface area contributed by atoms with Crippen molar-refractivity contribution in [1.29, 1.82) is 0 Å². The maximum Gasteiger partial charge on any atom is 0.230 e. The number of anilines is 1. The predicted molar refractivity (Wildman–Crippen MR) is 71.1 cm³/mol. The molecule has 0 aliphatic rings. The number of hydrogen-bond donors (Lipinski definition) is 1. The van der Waals surface area contributed by atoms with Gasteiger partial charge in [-0.25, -0.2) is 13.4 Å². The van der Waals surface area contributed by atoms with E-state index in [0.29, 0.717) is 5.82 Å². The molecular formula is C10H10N2O2S3. The Morgan fingerprint density at radius 1 is 1.35 bits per heavy atom. The van der Waals surface area contributed by atoms with E-state index < -0.39 is 10.0 Å². The number of aromatic nitrogens is 1. The summed E-state index contributed by atoms with van der Waals surface area (Å²) in [5.74, 6) is 0.336. The van der Waals surface area contributed by atoms with Crippen molar-refractivity contribution in [3.63, 3.8) is 0 Å². The van der Waals surface area contributed by atoms with Gasteiger partial charge in [0.1, 0.15) is 5.82 Å². The van der Waals surface area contributed by atoms with Gasteiger partial charge in [0.15, 0.2) is 0 Å². The summed E-state index contributed by atoms with van der Waals surface area (Å²) in [7, 11) is -3.26. The number of sulfonamides is 1. The van der Waals surface area contributed by atoms with Gasteiger partial charge < -0.3 is 0 Å². The molecule has 0 unspecified atom stereocenters. The molecule has 4 nitrogen and oxygen atoms in total. The quantitative estimate of drug-likeness (QED) is 0.938. The van der Waals surface area contributed by atoms with Gasteiger partial charge in [0.2, 0.25) is 10.0 Å². The van der Waals surface area contributed by atoms with Crippen LogP contribution in [-0.4, -0.2) is 19.7 Å². The van der Waals surface area contributed by atoms with Crippen molar-refractivity contribution in [3.8, 4) is 0 Å². The molecule has 7 heteroatoms.